The number of ether oxygens (including phenoxy) is 1. The molecule has 0 aliphatic rings. The van der Waals surface area contributed by atoms with Gasteiger partial charge in [0.05, 0.1) is 0 Å². The molecule has 0 aliphatic carbocycles. The molecule has 1 amide bonds. The lowest BCUT2D eigenvalue weighted by molar-refractivity contribution is -0.130. The summed E-state index contributed by atoms with van der Waals surface area (Å²) in [5.41, 5.74) is 1.60. The van der Waals surface area contributed by atoms with Crippen LogP contribution in [0, 0.1) is 0 Å². The minimum Gasteiger partial charge on any atom is -0.484 e. The molecule has 0 saturated heterocycles. The average Bonchev–Trinajstić information content (AvgIpc) is 3.04. The van der Waals surface area contributed by atoms with Crippen LogP contribution in [0.15, 0.2) is 47.2 Å². The van der Waals surface area contributed by atoms with Crippen LogP contribution in [0.4, 0.5) is 0 Å². The van der Waals surface area contributed by atoms with Crippen LogP contribution in [0.2, 0.25) is 0 Å². The number of likely N-dealkylation sites (N-methyl/N-ethyl adjacent to an activating group) is 1. The Morgan fingerprint density at radius 2 is 1.91 bits per heavy atom. The van der Waals surface area contributed by atoms with Gasteiger partial charge >= 0.3 is 0 Å². The second kappa shape index (κ2) is 7.56. The zero-order valence-electron chi connectivity index (χ0n) is 12.5. The summed E-state index contributed by atoms with van der Waals surface area (Å²) in [6, 6.07) is 8.71. The Kier molecular flexibility index (Phi) is 5.49. The molecule has 1 heterocycles. The smallest absolute Gasteiger partial charge is 0.259 e. The van der Waals surface area contributed by atoms with Crippen LogP contribution in [0.3, 0.4) is 0 Å². The number of hydrogen-bond donors (Lipinski definition) is 0. The zero-order valence-corrected chi connectivity index (χ0v) is 13.3. The van der Waals surface area contributed by atoms with Crippen LogP contribution in [0.1, 0.15) is 15.9 Å². The van der Waals surface area contributed by atoms with E-state index in [9.17, 15) is 9.59 Å². The first kappa shape index (κ1) is 16.0. The van der Waals surface area contributed by atoms with Crippen molar-refractivity contribution >= 4 is 29.1 Å². The van der Waals surface area contributed by atoms with Gasteiger partial charge < -0.3 is 9.64 Å². The lowest BCUT2D eigenvalue weighted by Gasteiger charge is -2.11. The van der Waals surface area contributed by atoms with E-state index in [0.29, 0.717) is 11.3 Å². The maximum atomic E-state index is 12.0. The van der Waals surface area contributed by atoms with E-state index in [1.165, 1.54) is 4.90 Å². The summed E-state index contributed by atoms with van der Waals surface area (Å²) >= 11 is 1.59. The second-order valence-electron chi connectivity index (χ2n) is 4.86. The van der Waals surface area contributed by atoms with Crippen molar-refractivity contribution in [3.05, 3.63) is 58.3 Å². The summed E-state index contributed by atoms with van der Waals surface area (Å²) < 4.78 is 5.36. The van der Waals surface area contributed by atoms with Crippen molar-refractivity contribution in [1.29, 1.82) is 0 Å². The molecule has 0 N–H and O–H groups in total. The standard InChI is InChI=1S/C17H17NO3S/c1-18(2)17(20)11-21-15-6-4-14(5-7-15)16(19)8-3-13-9-10-22-12-13/h3-10,12H,11H2,1-2H3/b8-3-. The summed E-state index contributed by atoms with van der Waals surface area (Å²) in [6.07, 6.45) is 3.34. The van der Waals surface area contributed by atoms with E-state index in [2.05, 4.69) is 0 Å². The molecule has 0 atom stereocenters. The largest absolute Gasteiger partial charge is 0.484 e. The number of thiophene rings is 1. The minimum atomic E-state index is -0.112. The first-order valence-electron chi connectivity index (χ1n) is 6.74. The van der Waals surface area contributed by atoms with Crippen LogP contribution in [0.25, 0.3) is 6.08 Å². The summed E-state index contributed by atoms with van der Waals surface area (Å²) in [4.78, 5) is 24.9. The molecule has 2 aromatic rings. The number of nitrogens with zero attached hydrogens (tertiary/aromatic N) is 1. The number of benzene rings is 1. The fraction of sp³-hybridized carbons (Fsp3) is 0.176. The molecule has 22 heavy (non-hydrogen) atoms. The first-order valence-corrected chi connectivity index (χ1v) is 7.68. The average molecular weight is 315 g/mol. The topological polar surface area (TPSA) is 46.6 Å². The maximum Gasteiger partial charge on any atom is 0.259 e. The fourth-order valence-electron chi connectivity index (χ4n) is 1.63. The Labute approximate surface area is 133 Å². The van der Waals surface area contributed by atoms with Gasteiger partial charge in [-0.25, -0.2) is 0 Å². The molecular formula is C17H17NO3S. The third-order valence-corrected chi connectivity index (χ3v) is 3.67. The van der Waals surface area contributed by atoms with Gasteiger partial charge in [0.2, 0.25) is 0 Å². The first-order chi connectivity index (χ1) is 10.6. The van der Waals surface area contributed by atoms with Crippen molar-refractivity contribution in [2.75, 3.05) is 20.7 Å². The highest BCUT2D eigenvalue weighted by atomic mass is 32.1. The molecule has 0 fully saturated rings. The molecule has 0 saturated carbocycles. The van der Waals surface area contributed by atoms with E-state index in [0.717, 1.165) is 5.56 Å². The van der Waals surface area contributed by atoms with Gasteiger partial charge in [0.25, 0.3) is 5.91 Å². The molecule has 0 spiro atoms. The van der Waals surface area contributed by atoms with E-state index >= 15 is 0 Å². The molecule has 0 aliphatic heterocycles. The van der Waals surface area contributed by atoms with Gasteiger partial charge in [-0.05, 0) is 52.7 Å². The maximum absolute atomic E-state index is 12.0. The third-order valence-electron chi connectivity index (χ3n) is 2.97. The quantitative estimate of drug-likeness (QED) is 0.608. The van der Waals surface area contributed by atoms with Gasteiger partial charge in [-0.2, -0.15) is 11.3 Å². The lowest BCUT2D eigenvalue weighted by atomic mass is 10.1. The van der Waals surface area contributed by atoms with E-state index in [1.54, 1.807) is 61.8 Å². The van der Waals surface area contributed by atoms with Crippen LogP contribution < -0.4 is 4.74 Å². The molecule has 0 bridgehead atoms. The summed E-state index contributed by atoms with van der Waals surface area (Å²) in [7, 11) is 3.35. The predicted octanol–water partition coefficient (Wildman–Crippen LogP) is 3.11. The van der Waals surface area contributed by atoms with Crippen molar-refractivity contribution in [1.82, 2.24) is 4.90 Å². The molecular weight excluding hydrogens is 298 g/mol. The van der Waals surface area contributed by atoms with E-state index in [1.807, 2.05) is 16.8 Å². The highest BCUT2D eigenvalue weighted by Gasteiger charge is 2.06. The van der Waals surface area contributed by atoms with Gasteiger partial charge in [0.15, 0.2) is 12.4 Å². The predicted molar refractivity (Wildman–Crippen MR) is 88.3 cm³/mol. The minimum absolute atomic E-state index is 0.0155. The highest BCUT2D eigenvalue weighted by Crippen LogP contribution is 2.14. The van der Waals surface area contributed by atoms with Crippen LogP contribution >= 0.6 is 11.3 Å². The molecule has 2 rings (SSSR count). The van der Waals surface area contributed by atoms with Gasteiger partial charge in [0, 0.05) is 19.7 Å². The zero-order chi connectivity index (χ0) is 15.9. The van der Waals surface area contributed by atoms with Crippen molar-refractivity contribution in [3.8, 4) is 5.75 Å². The molecule has 0 unspecified atom stereocenters. The summed E-state index contributed by atoms with van der Waals surface area (Å²) in [6.45, 7) is -0.0155. The summed E-state index contributed by atoms with van der Waals surface area (Å²) in [5.74, 6) is 0.384. The lowest BCUT2D eigenvalue weighted by Crippen LogP contribution is -2.27. The molecule has 0 radical (unpaired) electrons. The Bertz CT molecular complexity index is 658. The van der Waals surface area contributed by atoms with Crippen LogP contribution in [0.5, 0.6) is 5.75 Å². The molecule has 114 valence electrons. The van der Waals surface area contributed by atoms with Crippen molar-refractivity contribution in [3.63, 3.8) is 0 Å². The van der Waals surface area contributed by atoms with Gasteiger partial charge in [0.1, 0.15) is 5.75 Å². The van der Waals surface area contributed by atoms with Gasteiger partial charge in [-0.3, -0.25) is 9.59 Å². The monoisotopic (exact) mass is 315 g/mol. The number of amides is 1. The number of rotatable bonds is 6. The molecule has 5 heteroatoms. The van der Waals surface area contributed by atoms with E-state index < -0.39 is 0 Å². The Morgan fingerprint density at radius 1 is 1.18 bits per heavy atom. The Hall–Kier alpha value is -2.40. The number of ketones is 1. The molecule has 1 aromatic heterocycles. The van der Waals surface area contributed by atoms with Crippen LogP contribution in [-0.2, 0) is 4.79 Å². The molecule has 1 aromatic carbocycles. The normalized spacial score (nSPS) is 10.6. The van der Waals surface area contributed by atoms with Crippen molar-refractivity contribution in [2.24, 2.45) is 0 Å². The van der Waals surface area contributed by atoms with Crippen LogP contribution in [-0.4, -0.2) is 37.3 Å². The van der Waals surface area contributed by atoms with Gasteiger partial charge in [-0.15, -0.1) is 0 Å². The fourth-order valence-corrected chi connectivity index (χ4v) is 2.26. The Balaban J connectivity index is 1.93. The highest BCUT2D eigenvalue weighted by molar-refractivity contribution is 7.08. The second-order valence-corrected chi connectivity index (χ2v) is 5.64. The SMILES string of the molecule is CN(C)C(=O)COc1ccc(C(=O)/C=C\c2ccsc2)cc1. The molecule has 4 nitrogen and oxygen atoms in total. The third kappa shape index (κ3) is 4.56. The van der Waals surface area contributed by atoms with E-state index in [-0.39, 0.29) is 18.3 Å². The van der Waals surface area contributed by atoms with Gasteiger partial charge in [-0.1, -0.05) is 6.08 Å². The van der Waals surface area contributed by atoms with E-state index in [4.69, 9.17) is 4.74 Å². The Morgan fingerprint density at radius 3 is 2.50 bits per heavy atom. The summed E-state index contributed by atoms with van der Waals surface area (Å²) in [5, 5.41) is 3.94. The van der Waals surface area contributed by atoms with Crippen molar-refractivity contribution in [2.45, 2.75) is 0 Å². The number of carbonyl (C=O) groups excluding carboxylic acids is 2. The number of carbonyl (C=O) groups is 2. The van der Waals surface area contributed by atoms with Crippen molar-refractivity contribution < 1.29 is 14.3 Å². The number of allylic oxidation sites excluding steroid dienone is 1. The number of hydrogen-bond acceptors (Lipinski definition) is 4.